The third kappa shape index (κ3) is 2.96. The first-order valence-electron chi connectivity index (χ1n) is 7.96. The van der Waals surface area contributed by atoms with Crippen molar-refractivity contribution in [3.05, 3.63) is 47.8 Å². The van der Waals surface area contributed by atoms with Crippen LogP contribution in [-0.4, -0.2) is 35.0 Å². The lowest BCUT2D eigenvalue weighted by Crippen LogP contribution is -2.38. The summed E-state index contributed by atoms with van der Waals surface area (Å²) in [5.41, 5.74) is 1.96. The van der Waals surface area contributed by atoms with Gasteiger partial charge in [0, 0.05) is 25.7 Å². The van der Waals surface area contributed by atoms with E-state index >= 15 is 0 Å². The van der Waals surface area contributed by atoms with Crippen molar-refractivity contribution in [3.63, 3.8) is 0 Å². The molecular formula is C17H21N3O3S. The molecule has 0 radical (unpaired) electrons. The van der Waals surface area contributed by atoms with E-state index in [0.29, 0.717) is 6.42 Å². The molecule has 0 bridgehead atoms. The summed E-state index contributed by atoms with van der Waals surface area (Å²) in [5.74, 6) is -0.547. The Balaban J connectivity index is 1.81. The number of rotatable bonds is 5. The molecule has 1 aromatic heterocycles. The van der Waals surface area contributed by atoms with Crippen molar-refractivity contribution in [2.45, 2.75) is 31.1 Å². The average Bonchev–Trinajstić information content (AvgIpc) is 3.22. The van der Waals surface area contributed by atoms with E-state index in [4.69, 9.17) is 0 Å². The highest BCUT2D eigenvalue weighted by Gasteiger charge is 2.48. The molecule has 3 rings (SSSR count). The molecule has 1 amide bonds. The van der Waals surface area contributed by atoms with Gasteiger partial charge in [-0.1, -0.05) is 17.7 Å². The van der Waals surface area contributed by atoms with Gasteiger partial charge in [0.15, 0.2) is 0 Å². The molecule has 2 aromatic rings. The van der Waals surface area contributed by atoms with Gasteiger partial charge in [-0.15, -0.1) is 0 Å². The van der Waals surface area contributed by atoms with Crippen LogP contribution in [0.2, 0.25) is 0 Å². The number of sulfonamides is 1. The minimum absolute atomic E-state index is 0.0634. The fourth-order valence-electron chi connectivity index (χ4n) is 2.93. The van der Waals surface area contributed by atoms with Crippen molar-refractivity contribution in [2.75, 3.05) is 6.54 Å². The lowest BCUT2D eigenvalue weighted by molar-refractivity contribution is -0.127. The number of hydrogen-bond donors (Lipinski definition) is 0. The van der Waals surface area contributed by atoms with E-state index in [1.165, 1.54) is 0 Å². The third-order valence-electron chi connectivity index (χ3n) is 4.40. The van der Waals surface area contributed by atoms with Crippen LogP contribution in [0.5, 0.6) is 0 Å². The van der Waals surface area contributed by atoms with Crippen molar-refractivity contribution >= 4 is 15.9 Å². The van der Waals surface area contributed by atoms with Gasteiger partial charge < -0.3 is 0 Å². The Morgan fingerprint density at radius 1 is 1.33 bits per heavy atom. The van der Waals surface area contributed by atoms with Crippen LogP contribution in [0.15, 0.2) is 41.6 Å². The molecule has 1 aromatic carbocycles. The lowest BCUT2D eigenvalue weighted by atomic mass is 10.2. The van der Waals surface area contributed by atoms with Crippen LogP contribution in [0.4, 0.5) is 0 Å². The molecule has 0 aliphatic heterocycles. The number of carbonyl (C=O) groups excluding carboxylic acids is 1. The number of carbonyl (C=O) groups is 1. The number of nitrogens with zero attached hydrogens (tertiary/aromatic N) is 3. The maximum absolute atomic E-state index is 12.8. The van der Waals surface area contributed by atoms with Crippen LogP contribution >= 0.6 is 0 Å². The Morgan fingerprint density at radius 3 is 2.54 bits per heavy atom. The van der Waals surface area contributed by atoms with Crippen LogP contribution in [0.1, 0.15) is 30.4 Å². The van der Waals surface area contributed by atoms with E-state index in [1.54, 1.807) is 42.1 Å². The molecule has 1 saturated carbocycles. The van der Waals surface area contributed by atoms with Crippen molar-refractivity contribution in [3.8, 4) is 0 Å². The zero-order valence-corrected chi connectivity index (χ0v) is 14.8. The molecule has 6 nitrogen and oxygen atoms in total. The van der Waals surface area contributed by atoms with Gasteiger partial charge in [0.25, 0.3) is 10.0 Å². The number of aromatic nitrogens is 2. The summed E-state index contributed by atoms with van der Waals surface area (Å²) in [6.07, 6.45) is 4.29. The number of benzene rings is 1. The first kappa shape index (κ1) is 16.7. The van der Waals surface area contributed by atoms with E-state index in [-0.39, 0.29) is 29.2 Å². The fourth-order valence-corrected chi connectivity index (χ4v) is 4.38. The monoisotopic (exact) mass is 347 g/mol. The van der Waals surface area contributed by atoms with Crippen molar-refractivity contribution in [2.24, 2.45) is 13.0 Å². The van der Waals surface area contributed by atoms with E-state index < -0.39 is 10.0 Å². The molecule has 0 unspecified atom stereocenters. The summed E-state index contributed by atoms with van der Waals surface area (Å²) in [6, 6.07) is 6.57. The van der Waals surface area contributed by atoms with Crippen LogP contribution in [0, 0.1) is 12.8 Å². The molecule has 2 atom stereocenters. The molecule has 0 saturated heterocycles. The standard InChI is InChI=1S/C17H21N3O3S/c1-4-20(24(22,23)14-7-5-12(2)6-8-14)17(21)16-9-15(16)13-10-18-19(3)11-13/h5-8,10-11,15-16H,4,9H2,1-3H3/t15-,16+/m1/s1. The fraction of sp³-hybridized carbons (Fsp3) is 0.412. The summed E-state index contributed by atoms with van der Waals surface area (Å²) in [6.45, 7) is 3.71. The van der Waals surface area contributed by atoms with Gasteiger partial charge in [-0.05, 0) is 43.9 Å². The Bertz CT molecular complexity index is 855. The van der Waals surface area contributed by atoms with E-state index in [9.17, 15) is 13.2 Å². The van der Waals surface area contributed by atoms with Gasteiger partial charge in [-0.3, -0.25) is 9.48 Å². The SMILES string of the molecule is CCN(C(=O)[C@H]1C[C@@H]1c1cnn(C)c1)S(=O)(=O)c1ccc(C)cc1. The van der Waals surface area contributed by atoms with Crippen LogP contribution in [-0.2, 0) is 21.9 Å². The van der Waals surface area contributed by atoms with Gasteiger partial charge in [-0.25, -0.2) is 12.7 Å². The maximum Gasteiger partial charge on any atom is 0.266 e. The zero-order chi connectivity index (χ0) is 17.5. The first-order valence-corrected chi connectivity index (χ1v) is 9.40. The Hall–Kier alpha value is -2.15. The minimum Gasteiger partial charge on any atom is -0.276 e. The molecule has 1 heterocycles. The quantitative estimate of drug-likeness (QED) is 0.830. The van der Waals surface area contributed by atoms with Crippen molar-refractivity contribution < 1.29 is 13.2 Å². The number of hydrogen-bond acceptors (Lipinski definition) is 4. The molecule has 128 valence electrons. The second-order valence-corrected chi connectivity index (χ2v) is 8.08. The second-order valence-electron chi connectivity index (χ2n) is 6.22. The molecule has 7 heteroatoms. The zero-order valence-electron chi connectivity index (χ0n) is 14.0. The molecule has 1 aliphatic carbocycles. The largest absolute Gasteiger partial charge is 0.276 e. The highest BCUT2D eigenvalue weighted by atomic mass is 32.2. The third-order valence-corrected chi connectivity index (χ3v) is 6.29. The van der Waals surface area contributed by atoms with E-state index in [0.717, 1.165) is 15.4 Å². The molecule has 0 spiro atoms. The maximum atomic E-state index is 12.8. The van der Waals surface area contributed by atoms with Crippen LogP contribution < -0.4 is 0 Å². The first-order chi connectivity index (χ1) is 11.3. The minimum atomic E-state index is -3.81. The molecule has 24 heavy (non-hydrogen) atoms. The van der Waals surface area contributed by atoms with Crippen LogP contribution in [0.25, 0.3) is 0 Å². The molecule has 0 N–H and O–H groups in total. The summed E-state index contributed by atoms with van der Waals surface area (Å²) in [5, 5.41) is 4.11. The van der Waals surface area contributed by atoms with Gasteiger partial charge in [0.2, 0.25) is 5.91 Å². The molecule has 1 fully saturated rings. The highest BCUT2D eigenvalue weighted by molar-refractivity contribution is 7.89. The summed E-state index contributed by atoms with van der Waals surface area (Å²) in [4.78, 5) is 12.9. The van der Waals surface area contributed by atoms with E-state index in [2.05, 4.69) is 5.10 Å². The van der Waals surface area contributed by atoms with Gasteiger partial charge in [-0.2, -0.15) is 5.10 Å². The van der Waals surface area contributed by atoms with Crippen molar-refractivity contribution in [1.82, 2.24) is 14.1 Å². The van der Waals surface area contributed by atoms with Crippen molar-refractivity contribution in [1.29, 1.82) is 0 Å². The summed E-state index contributed by atoms with van der Waals surface area (Å²) in [7, 11) is -1.99. The smallest absolute Gasteiger partial charge is 0.266 e. The Morgan fingerprint density at radius 2 is 2.00 bits per heavy atom. The predicted molar refractivity (Wildman–Crippen MR) is 89.8 cm³/mol. The lowest BCUT2D eigenvalue weighted by Gasteiger charge is -2.21. The highest BCUT2D eigenvalue weighted by Crippen LogP contribution is 2.48. The normalized spacial score (nSPS) is 20.0. The van der Waals surface area contributed by atoms with Crippen LogP contribution in [0.3, 0.4) is 0 Å². The summed E-state index contributed by atoms with van der Waals surface area (Å²) < 4.78 is 28.3. The van der Waals surface area contributed by atoms with Gasteiger partial charge in [0.1, 0.15) is 0 Å². The topological polar surface area (TPSA) is 72.3 Å². The number of aryl methyl sites for hydroxylation is 2. The molecular weight excluding hydrogens is 326 g/mol. The van der Waals surface area contributed by atoms with Gasteiger partial charge >= 0.3 is 0 Å². The predicted octanol–water partition coefficient (Wildman–Crippen LogP) is 2.07. The number of amides is 1. The van der Waals surface area contributed by atoms with Gasteiger partial charge in [0.05, 0.1) is 11.1 Å². The second kappa shape index (κ2) is 6.05. The molecule has 1 aliphatic rings. The van der Waals surface area contributed by atoms with E-state index in [1.807, 2.05) is 20.2 Å². The Labute approximate surface area is 142 Å². The summed E-state index contributed by atoms with van der Waals surface area (Å²) >= 11 is 0. The Kier molecular flexibility index (Phi) is 4.21. The average molecular weight is 347 g/mol.